The monoisotopic (exact) mass is 208 g/mol. The van der Waals surface area contributed by atoms with Crippen molar-refractivity contribution >= 4 is 0 Å². The van der Waals surface area contributed by atoms with Crippen molar-refractivity contribution < 1.29 is 0 Å². The third-order valence-electron chi connectivity index (χ3n) is 3.78. The predicted molar refractivity (Wildman–Crippen MR) is 64.8 cm³/mol. The molecular weight excluding hydrogens is 184 g/mol. The molecular formula is C13H24N2. The smallest absolute Gasteiger partial charge is 0.0375 e. The standard InChI is InChI=1S/C13H24N2/c1-11(2)14-12(3)10-15-8-6-13(4-5-13)7-9-15/h11,14H,3-10H2,1-2H3. The van der Waals surface area contributed by atoms with E-state index in [2.05, 4.69) is 30.6 Å². The number of likely N-dealkylation sites (tertiary alicyclic amines) is 1. The van der Waals surface area contributed by atoms with Crippen LogP contribution in [0, 0.1) is 5.41 Å². The minimum absolute atomic E-state index is 0.511. The molecule has 0 atom stereocenters. The van der Waals surface area contributed by atoms with E-state index < -0.39 is 0 Å². The zero-order chi connectivity index (χ0) is 10.9. The van der Waals surface area contributed by atoms with E-state index in [1.807, 2.05) is 0 Å². The SMILES string of the molecule is C=C(CN1CCC2(CC1)CC2)NC(C)C. The van der Waals surface area contributed by atoms with Crippen LogP contribution in [0.4, 0.5) is 0 Å². The Morgan fingerprint density at radius 2 is 1.87 bits per heavy atom. The van der Waals surface area contributed by atoms with E-state index in [0.717, 1.165) is 12.0 Å². The number of nitrogens with one attached hydrogen (secondary N) is 1. The maximum atomic E-state index is 4.09. The van der Waals surface area contributed by atoms with Gasteiger partial charge < -0.3 is 5.32 Å². The highest BCUT2D eigenvalue weighted by Gasteiger charge is 2.44. The van der Waals surface area contributed by atoms with Gasteiger partial charge in [-0.05, 0) is 58.0 Å². The first kappa shape index (κ1) is 11.0. The van der Waals surface area contributed by atoms with Crippen LogP contribution in [0.15, 0.2) is 12.3 Å². The Kier molecular flexibility index (Phi) is 3.06. The second-order valence-electron chi connectivity index (χ2n) is 5.68. The molecule has 1 saturated carbocycles. The molecule has 86 valence electrons. The second kappa shape index (κ2) is 4.17. The molecule has 1 saturated heterocycles. The van der Waals surface area contributed by atoms with Crippen LogP contribution in [0.25, 0.3) is 0 Å². The van der Waals surface area contributed by atoms with Crippen LogP contribution in [-0.4, -0.2) is 30.6 Å². The average Bonchev–Trinajstić information content (AvgIpc) is 2.89. The number of piperidine rings is 1. The Labute approximate surface area is 93.7 Å². The quantitative estimate of drug-likeness (QED) is 0.763. The maximum Gasteiger partial charge on any atom is 0.0375 e. The van der Waals surface area contributed by atoms with Crippen LogP contribution in [0.5, 0.6) is 0 Å². The summed E-state index contributed by atoms with van der Waals surface area (Å²) in [4.78, 5) is 2.54. The summed E-state index contributed by atoms with van der Waals surface area (Å²) in [5, 5.41) is 3.39. The molecule has 0 aromatic rings. The van der Waals surface area contributed by atoms with Crippen molar-refractivity contribution in [3.05, 3.63) is 12.3 Å². The Morgan fingerprint density at radius 1 is 1.27 bits per heavy atom. The van der Waals surface area contributed by atoms with Crippen LogP contribution < -0.4 is 5.32 Å². The van der Waals surface area contributed by atoms with Crippen LogP contribution in [0.1, 0.15) is 39.5 Å². The predicted octanol–water partition coefficient (Wildman–Crippen LogP) is 2.37. The normalized spacial score (nSPS) is 24.5. The van der Waals surface area contributed by atoms with Gasteiger partial charge in [0.2, 0.25) is 0 Å². The summed E-state index contributed by atoms with van der Waals surface area (Å²) in [5.41, 5.74) is 1.97. The molecule has 15 heavy (non-hydrogen) atoms. The summed E-state index contributed by atoms with van der Waals surface area (Å²) in [6.45, 7) is 12.0. The number of rotatable bonds is 4. The molecule has 0 aromatic heterocycles. The van der Waals surface area contributed by atoms with Crippen molar-refractivity contribution in [2.45, 2.75) is 45.6 Å². The average molecular weight is 208 g/mol. The lowest BCUT2D eigenvalue weighted by molar-refractivity contribution is 0.182. The molecule has 1 aliphatic heterocycles. The molecule has 2 aliphatic rings. The van der Waals surface area contributed by atoms with E-state index in [-0.39, 0.29) is 0 Å². The largest absolute Gasteiger partial charge is 0.386 e. The van der Waals surface area contributed by atoms with E-state index in [1.165, 1.54) is 44.5 Å². The lowest BCUT2D eigenvalue weighted by Gasteiger charge is -2.32. The van der Waals surface area contributed by atoms with Gasteiger partial charge in [-0.15, -0.1) is 0 Å². The van der Waals surface area contributed by atoms with Crippen molar-refractivity contribution in [1.29, 1.82) is 0 Å². The lowest BCUT2D eigenvalue weighted by atomic mass is 9.94. The van der Waals surface area contributed by atoms with E-state index in [0.29, 0.717) is 6.04 Å². The molecule has 0 amide bonds. The molecule has 0 bridgehead atoms. The van der Waals surface area contributed by atoms with Gasteiger partial charge in [0.15, 0.2) is 0 Å². The van der Waals surface area contributed by atoms with Crippen molar-refractivity contribution in [2.24, 2.45) is 5.41 Å². The Hall–Kier alpha value is -0.500. The van der Waals surface area contributed by atoms with Gasteiger partial charge in [-0.3, -0.25) is 4.90 Å². The van der Waals surface area contributed by atoms with Crippen molar-refractivity contribution in [2.75, 3.05) is 19.6 Å². The summed E-state index contributed by atoms with van der Waals surface area (Å²) in [5.74, 6) is 0. The highest BCUT2D eigenvalue weighted by Crippen LogP contribution is 2.53. The van der Waals surface area contributed by atoms with Gasteiger partial charge in [-0.1, -0.05) is 6.58 Å². The second-order valence-corrected chi connectivity index (χ2v) is 5.68. The fourth-order valence-electron chi connectivity index (χ4n) is 2.59. The van der Waals surface area contributed by atoms with Gasteiger partial charge in [-0.25, -0.2) is 0 Å². The van der Waals surface area contributed by atoms with Crippen LogP contribution in [0.3, 0.4) is 0 Å². The van der Waals surface area contributed by atoms with E-state index in [4.69, 9.17) is 0 Å². The summed E-state index contributed by atoms with van der Waals surface area (Å²) < 4.78 is 0. The molecule has 1 heterocycles. The fraction of sp³-hybridized carbons (Fsp3) is 0.846. The number of hydrogen-bond acceptors (Lipinski definition) is 2. The summed E-state index contributed by atoms with van der Waals surface area (Å²) >= 11 is 0. The van der Waals surface area contributed by atoms with Crippen molar-refractivity contribution in [3.63, 3.8) is 0 Å². The summed E-state index contributed by atoms with van der Waals surface area (Å²) in [6.07, 6.45) is 5.82. The number of hydrogen-bond donors (Lipinski definition) is 1. The summed E-state index contributed by atoms with van der Waals surface area (Å²) in [7, 11) is 0. The van der Waals surface area contributed by atoms with E-state index in [9.17, 15) is 0 Å². The van der Waals surface area contributed by atoms with Gasteiger partial charge in [-0.2, -0.15) is 0 Å². The first-order valence-corrected chi connectivity index (χ1v) is 6.26. The molecule has 1 aliphatic carbocycles. The number of nitrogens with zero attached hydrogens (tertiary/aromatic N) is 1. The topological polar surface area (TPSA) is 15.3 Å². The molecule has 2 rings (SSSR count). The van der Waals surface area contributed by atoms with Gasteiger partial charge >= 0.3 is 0 Å². The maximum absolute atomic E-state index is 4.09. The minimum Gasteiger partial charge on any atom is -0.386 e. The molecule has 0 aromatic carbocycles. The van der Waals surface area contributed by atoms with Gasteiger partial charge in [0.25, 0.3) is 0 Å². The first-order chi connectivity index (χ1) is 7.10. The highest BCUT2D eigenvalue weighted by molar-refractivity contribution is 5.01. The lowest BCUT2D eigenvalue weighted by Crippen LogP contribution is -2.38. The Morgan fingerprint density at radius 3 is 2.33 bits per heavy atom. The Bertz CT molecular complexity index is 231. The third-order valence-corrected chi connectivity index (χ3v) is 3.78. The Balaban J connectivity index is 1.69. The molecule has 2 nitrogen and oxygen atoms in total. The van der Waals surface area contributed by atoms with Gasteiger partial charge in [0.05, 0.1) is 0 Å². The van der Waals surface area contributed by atoms with Crippen LogP contribution in [-0.2, 0) is 0 Å². The van der Waals surface area contributed by atoms with Crippen LogP contribution >= 0.6 is 0 Å². The van der Waals surface area contributed by atoms with E-state index >= 15 is 0 Å². The molecule has 2 fully saturated rings. The zero-order valence-corrected chi connectivity index (χ0v) is 10.2. The fourth-order valence-corrected chi connectivity index (χ4v) is 2.59. The highest BCUT2D eigenvalue weighted by atomic mass is 15.2. The molecule has 2 heteroatoms. The van der Waals surface area contributed by atoms with Crippen molar-refractivity contribution in [3.8, 4) is 0 Å². The molecule has 0 radical (unpaired) electrons. The van der Waals surface area contributed by atoms with Gasteiger partial charge in [0.1, 0.15) is 0 Å². The molecule has 1 N–H and O–H groups in total. The minimum atomic E-state index is 0.511. The van der Waals surface area contributed by atoms with Crippen molar-refractivity contribution in [1.82, 2.24) is 10.2 Å². The van der Waals surface area contributed by atoms with Crippen LogP contribution in [0.2, 0.25) is 0 Å². The summed E-state index contributed by atoms with van der Waals surface area (Å²) in [6, 6.07) is 0.511. The zero-order valence-electron chi connectivity index (χ0n) is 10.2. The van der Waals surface area contributed by atoms with E-state index in [1.54, 1.807) is 0 Å². The molecule has 1 spiro atoms. The molecule has 0 unspecified atom stereocenters. The van der Waals surface area contributed by atoms with Gasteiger partial charge in [0, 0.05) is 18.3 Å². The third kappa shape index (κ3) is 2.97. The first-order valence-electron chi connectivity index (χ1n) is 6.26.